The minimum Gasteiger partial charge on any atom is -0.444 e. The number of aliphatic hydroxyl groups is 1. The van der Waals surface area contributed by atoms with Crippen LogP contribution in [0.15, 0.2) is 0 Å². The van der Waals surface area contributed by atoms with Crippen molar-refractivity contribution >= 4 is 6.09 Å². The van der Waals surface area contributed by atoms with Crippen molar-refractivity contribution in [3.8, 4) is 0 Å². The Hall–Kier alpha value is -0.770. The maximum absolute atomic E-state index is 11.8. The van der Waals surface area contributed by atoms with Crippen LogP contribution in [0.4, 0.5) is 4.79 Å². The van der Waals surface area contributed by atoms with E-state index in [9.17, 15) is 9.90 Å². The average molecular weight is 285 g/mol. The van der Waals surface area contributed by atoms with E-state index in [0.717, 1.165) is 18.8 Å². The zero-order valence-electron chi connectivity index (χ0n) is 13.4. The molecule has 0 aromatic heterocycles. The number of nitrogens with one attached hydrogen (secondary N) is 1. The largest absolute Gasteiger partial charge is 0.444 e. The Morgan fingerprint density at radius 3 is 2.40 bits per heavy atom. The first-order valence-corrected chi connectivity index (χ1v) is 7.95. The summed E-state index contributed by atoms with van der Waals surface area (Å²) in [5, 5.41) is 12.6. The van der Waals surface area contributed by atoms with Gasteiger partial charge in [-0.15, -0.1) is 0 Å². The summed E-state index contributed by atoms with van der Waals surface area (Å²) in [7, 11) is 0. The molecule has 1 aliphatic carbocycles. The van der Waals surface area contributed by atoms with Crippen LogP contribution in [-0.2, 0) is 4.74 Å². The Bertz CT molecular complexity index is 291. The maximum Gasteiger partial charge on any atom is 0.407 e. The first kappa shape index (κ1) is 17.3. The third-order valence-electron chi connectivity index (χ3n) is 3.90. The van der Waals surface area contributed by atoms with Gasteiger partial charge in [0, 0.05) is 0 Å². The van der Waals surface area contributed by atoms with Crippen LogP contribution in [0.5, 0.6) is 0 Å². The van der Waals surface area contributed by atoms with Crippen molar-refractivity contribution in [3.05, 3.63) is 0 Å². The van der Waals surface area contributed by atoms with Crippen molar-refractivity contribution in [1.29, 1.82) is 0 Å². The maximum atomic E-state index is 11.8. The molecule has 0 bridgehead atoms. The highest BCUT2D eigenvalue weighted by Crippen LogP contribution is 2.28. The monoisotopic (exact) mass is 285 g/mol. The molecule has 0 aromatic rings. The molecule has 0 saturated heterocycles. The van der Waals surface area contributed by atoms with Crippen LogP contribution < -0.4 is 5.32 Å². The van der Waals surface area contributed by atoms with E-state index in [0.29, 0.717) is 0 Å². The topological polar surface area (TPSA) is 58.6 Å². The molecule has 4 heteroatoms. The molecule has 1 fully saturated rings. The number of rotatable bonds is 5. The van der Waals surface area contributed by atoms with E-state index in [2.05, 4.69) is 5.32 Å². The second kappa shape index (κ2) is 7.87. The van der Waals surface area contributed by atoms with E-state index >= 15 is 0 Å². The summed E-state index contributed by atoms with van der Waals surface area (Å²) >= 11 is 0. The van der Waals surface area contributed by atoms with Crippen LogP contribution >= 0.6 is 0 Å². The predicted molar refractivity (Wildman–Crippen MR) is 80.6 cm³/mol. The molecule has 118 valence electrons. The third-order valence-corrected chi connectivity index (χ3v) is 3.90. The van der Waals surface area contributed by atoms with Crippen molar-refractivity contribution < 1.29 is 14.6 Å². The number of carbonyl (C=O) groups is 1. The summed E-state index contributed by atoms with van der Waals surface area (Å²) in [6, 6.07) is -0.216. The summed E-state index contributed by atoms with van der Waals surface area (Å²) in [5.74, 6) is 0.755. The third kappa shape index (κ3) is 7.13. The van der Waals surface area contributed by atoms with Crippen LogP contribution in [0, 0.1) is 5.92 Å². The van der Waals surface area contributed by atoms with Crippen LogP contribution in [-0.4, -0.2) is 28.9 Å². The van der Waals surface area contributed by atoms with Crippen molar-refractivity contribution in [2.75, 3.05) is 0 Å². The normalized spacial score (nSPS) is 20.2. The lowest BCUT2D eigenvalue weighted by Gasteiger charge is -2.27. The molecule has 0 aliphatic heterocycles. The average Bonchev–Trinajstić information content (AvgIpc) is 2.33. The molecular weight excluding hydrogens is 254 g/mol. The molecule has 4 nitrogen and oxygen atoms in total. The first-order chi connectivity index (χ1) is 9.28. The minimum absolute atomic E-state index is 0.216. The second-order valence-electron chi connectivity index (χ2n) is 7.07. The van der Waals surface area contributed by atoms with E-state index in [1.165, 1.54) is 32.1 Å². The Morgan fingerprint density at radius 1 is 1.30 bits per heavy atom. The van der Waals surface area contributed by atoms with Gasteiger partial charge in [-0.3, -0.25) is 0 Å². The summed E-state index contributed by atoms with van der Waals surface area (Å²) in [5.41, 5.74) is -0.503. The summed E-state index contributed by atoms with van der Waals surface area (Å²) in [6.45, 7) is 7.24. The molecule has 1 rings (SSSR count). The van der Waals surface area contributed by atoms with Crippen LogP contribution in [0.3, 0.4) is 0 Å². The van der Waals surface area contributed by atoms with Crippen LogP contribution in [0.25, 0.3) is 0 Å². The summed E-state index contributed by atoms with van der Waals surface area (Å²) in [6.07, 6.45) is 7.49. The number of hydrogen-bond donors (Lipinski definition) is 2. The van der Waals surface area contributed by atoms with Gasteiger partial charge in [0.1, 0.15) is 5.60 Å². The minimum atomic E-state index is -0.550. The van der Waals surface area contributed by atoms with Gasteiger partial charge >= 0.3 is 6.09 Å². The van der Waals surface area contributed by atoms with Gasteiger partial charge in [0.05, 0.1) is 12.1 Å². The molecule has 2 N–H and O–H groups in total. The smallest absolute Gasteiger partial charge is 0.407 e. The van der Waals surface area contributed by atoms with Crippen molar-refractivity contribution in [3.63, 3.8) is 0 Å². The lowest BCUT2D eigenvalue weighted by Crippen LogP contribution is -2.44. The molecule has 1 amide bonds. The van der Waals surface area contributed by atoms with Gasteiger partial charge in [0.2, 0.25) is 0 Å². The molecule has 0 aromatic carbocycles. The van der Waals surface area contributed by atoms with E-state index in [1.54, 1.807) is 6.92 Å². The Balaban J connectivity index is 2.37. The summed E-state index contributed by atoms with van der Waals surface area (Å²) in [4.78, 5) is 11.8. The number of hydrogen-bond acceptors (Lipinski definition) is 3. The van der Waals surface area contributed by atoms with Gasteiger partial charge in [0.25, 0.3) is 0 Å². The fourth-order valence-corrected chi connectivity index (χ4v) is 2.78. The van der Waals surface area contributed by atoms with Gasteiger partial charge in [-0.05, 0) is 46.5 Å². The predicted octanol–water partition coefficient (Wildman–Crippen LogP) is 3.62. The van der Waals surface area contributed by atoms with E-state index in [1.807, 2.05) is 20.8 Å². The lowest BCUT2D eigenvalue weighted by molar-refractivity contribution is 0.0424. The highest BCUT2D eigenvalue weighted by atomic mass is 16.6. The molecule has 0 radical (unpaired) electrons. The van der Waals surface area contributed by atoms with Crippen molar-refractivity contribution in [2.24, 2.45) is 5.92 Å². The van der Waals surface area contributed by atoms with E-state index < -0.39 is 17.8 Å². The van der Waals surface area contributed by atoms with Crippen LogP contribution in [0.2, 0.25) is 0 Å². The highest BCUT2D eigenvalue weighted by molar-refractivity contribution is 5.68. The van der Waals surface area contributed by atoms with E-state index in [4.69, 9.17) is 4.74 Å². The number of amides is 1. The molecule has 2 atom stereocenters. The van der Waals surface area contributed by atoms with E-state index in [-0.39, 0.29) is 6.04 Å². The van der Waals surface area contributed by atoms with Gasteiger partial charge in [-0.2, -0.15) is 0 Å². The quantitative estimate of drug-likeness (QED) is 0.811. The van der Waals surface area contributed by atoms with Gasteiger partial charge in [0.15, 0.2) is 0 Å². The van der Waals surface area contributed by atoms with Gasteiger partial charge in [-0.1, -0.05) is 32.1 Å². The Labute approximate surface area is 123 Å². The van der Waals surface area contributed by atoms with Crippen LogP contribution in [0.1, 0.15) is 72.6 Å². The molecule has 1 unspecified atom stereocenters. The molecule has 20 heavy (non-hydrogen) atoms. The molecule has 1 aliphatic rings. The summed E-state index contributed by atoms with van der Waals surface area (Å²) < 4.78 is 5.25. The zero-order valence-corrected chi connectivity index (χ0v) is 13.4. The number of alkyl carbamates (subject to hydrolysis) is 1. The highest BCUT2D eigenvalue weighted by Gasteiger charge is 2.23. The fraction of sp³-hybridized carbons (Fsp3) is 0.938. The second-order valence-corrected chi connectivity index (χ2v) is 7.07. The fourth-order valence-electron chi connectivity index (χ4n) is 2.78. The van der Waals surface area contributed by atoms with Gasteiger partial charge < -0.3 is 15.2 Å². The Kier molecular flexibility index (Phi) is 6.80. The standard InChI is InChI=1S/C16H31NO3/c1-12(18)14(17-15(19)20-16(2,3)4)11-10-13-8-6-5-7-9-13/h12-14,18H,5-11H2,1-4H3,(H,17,19)/t12-,14?/m0/s1. The number of carbonyl (C=O) groups excluding carboxylic acids is 1. The van der Waals surface area contributed by atoms with Gasteiger partial charge in [-0.25, -0.2) is 4.79 Å². The lowest BCUT2D eigenvalue weighted by atomic mass is 9.85. The molecule has 0 spiro atoms. The SMILES string of the molecule is C[C@H](O)C(CCC1CCCCC1)NC(=O)OC(C)(C)C. The Morgan fingerprint density at radius 2 is 1.90 bits per heavy atom. The molecule has 0 heterocycles. The molecular formula is C16H31NO3. The number of ether oxygens (including phenoxy) is 1. The number of aliphatic hydroxyl groups excluding tert-OH is 1. The zero-order chi connectivity index (χ0) is 15.2. The van der Waals surface area contributed by atoms with Crippen molar-refractivity contribution in [2.45, 2.75) is 90.4 Å². The van der Waals surface area contributed by atoms with Crippen molar-refractivity contribution in [1.82, 2.24) is 5.32 Å². The first-order valence-electron chi connectivity index (χ1n) is 7.95. The molecule has 1 saturated carbocycles.